The molecule has 2 aromatic rings. The molecule has 0 fully saturated rings. The molecule has 0 aliphatic rings. The number of aromatic carboxylic acids is 1. The Kier molecular flexibility index (Phi) is 5.47. The largest absolute Gasteiger partial charge is 0.492 e. The predicted octanol–water partition coefficient (Wildman–Crippen LogP) is 4.29. The number of benzene rings is 2. The monoisotopic (exact) mass is 369 g/mol. The Morgan fingerprint density at radius 3 is 2.81 bits per heavy atom. The van der Waals surface area contributed by atoms with Crippen LogP contribution in [0.4, 0.5) is 5.69 Å². The first-order valence-electron chi connectivity index (χ1n) is 6.21. The quantitative estimate of drug-likeness (QED) is 0.745. The van der Waals surface area contributed by atoms with Gasteiger partial charge in [-0.3, -0.25) is 0 Å². The predicted molar refractivity (Wildman–Crippen MR) is 86.5 cm³/mol. The molecule has 2 rings (SSSR count). The first kappa shape index (κ1) is 15.7. The Bertz CT molecular complexity index is 649. The van der Waals surface area contributed by atoms with Gasteiger partial charge in [-0.25, -0.2) is 4.79 Å². The summed E-state index contributed by atoms with van der Waals surface area (Å²) in [7, 11) is 0. The van der Waals surface area contributed by atoms with E-state index in [9.17, 15) is 4.79 Å². The molecular weight excluding hydrogens is 358 g/mol. The van der Waals surface area contributed by atoms with E-state index in [2.05, 4.69) is 21.2 Å². The zero-order chi connectivity index (χ0) is 15.2. The Hall–Kier alpha value is -1.72. The van der Waals surface area contributed by atoms with Crippen LogP contribution in [-0.4, -0.2) is 24.2 Å². The number of nitrogens with one attached hydrogen (secondary N) is 1. The number of carboxylic acid groups (broad SMARTS) is 1. The third-order valence-corrected chi connectivity index (χ3v) is 3.91. The lowest BCUT2D eigenvalue weighted by Gasteiger charge is -2.09. The van der Waals surface area contributed by atoms with Crippen LogP contribution >= 0.6 is 27.5 Å². The fourth-order valence-corrected chi connectivity index (χ4v) is 2.19. The summed E-state index contributed by atoms with van der Waals surface area (Å²) >= 11 is 9.27. The zero-order valence-electron chi connectivity index (χ0n) is 11.0. The van der Waals surface area contributed by atoms with Crippen LogP contribution in [-0.2, 0) is 0 Å². The molecule has 2 aromatic carbocycles. The van der Waals surface area contributed by atoms with Crippen LogP contribution in [0.25, 0.3) is 0 Å². The molecule has 0 spiro atoms. The molecule has 0 saturated heterocycles. The summed E-state index contributed by atoms with van der Waals surface area (Å²) in [5.74, 6) is -0.432. The number of halogens is 2. The maximum Gasteiger partial charge on any atom is 0.335 e. The standard InChI is InChI=1S/C15H13BrClNO3/c16-13-9-11(4-5-14(13)17)18-6-7-21-12-3-1-2-10(8-12)15(19)20/h1-5,8-9,18H,6-7H2,(H,19,20). The number of hydrogen-bond donors (Lipinski definition) is 2. The second kappa shape index (κ2) is 7.33. The van der Waals surface area contributed by atoms with Crippen LogP contribution in [0, 0.1) is 0 Å². The van der Waals surface area contributed by atoms with Crippen molar-refractivity contribution in [1.82, 2.24) is 0 Å². The van der Waals surface area contributed by atoms with Gasteiger partial charge >= 0.3 is 5.97 Å². The summed E-state index contributed by atoms with van der Waals surface area (Å²) in [5.41, 5.74) is 1.14. The van der Waals surface area contributed by atoms with Crippen molar-refractivity contribution >= 4 is 39.2 Å². The van der Waals surface area contributed by atoms with Gasteiger partial charge in [0.2, 0.25) is 0 Å². The van der Waals surface area contributed by atoms with Crippen molar-refractivity contribution in [3.8, 4) is 5.75 Å². The molecule has 0 aliphatic carbocycles. The number of hydrogen-bond acceptors (Lipinski definition) is 3. The van der Waals surface area contributed by atoms with Gasteiger partial charge in [0.1, 0.15) is 12.4 Å². The summed E-state index contributed by atoms with van der Waals surface area (Å²) in [4.78, 5) is 10.8. The fraction of sp³-hybridized carbons (Fsp3) is 0.133. The van der Waals surface area contributed by atoms with E-state index in [4.69, 9.17) is 21.4 Å². The van der Waals surface area contributed by atoms with E-state index in [0.29, 0.717) is 23.9 Å². The molecule has 0 unspecified atom stereocenters. The molecule has 0 atom stereocenters. The number of anilines is 1. The molecule has 21 heavy (non-hydrogen) atoms. The zero-order valence-corrected chi connectivity index (χ0v) is 13.3. The maximum atomic E-state index is 10.8. The summed E-state index contributed by atoms with van der Waals surface area (Å²) in [6.07, 6.45) is 0. The minimum absolute atomic E-state index is 0.210. The number of carbonyl (C=O) groups is 1. The van der Waals surface area contributed by atoms with E-state index >= 15 is 0 Å². The average Bonchev–Trinajstić information content (AvgIpc) is 2.47. The minimum Gasteiger partial charge on any atom is -0.492 e. The van der Waals surface area contributed by atoms with Crippen LogP contribution < -0.4 is 10.1 Å². The van der Waals surface area contributed by atoms with Gasteiger partial charge in [0.25, 0.3) is 0 Å². The fourth-order valence-electron chi connectivity index (χ4n) is 1.69. The Labute approximate surface area is 135 Å². The topological polar surface area (TPSA) is 58.6 Å². The highest BCUT2D eigenvalue weighted by Crippen LogP contribution is 2.25. The van der Waals surface area contributed by atoms with E-state index in [1.165, 1.54) is 12.1 Å². The third-order valence-electron chi connectivity index (χ3n) is 2.70. The van der Waals surface area contributed by atoms with Gasteiger partial charge in [0.05, 0.1) is 10.6 Å². The third kappa shape index (κ3) is 4.65. The Morgan fingerprint density at radius 2 is 2.10 bits per heavy atom. The van der Waals surface area contributed by atoms with Crippen molar-refractivity contribution in [1.29, 1.82) is 0 Å². The molecule has 2 N–H and O–H groups in total. The van der Waals surface area contributed by atoms with Crippen LogP contribution in [0.3, 0.4) is 0 Å². The minimum atomic E-state index is -0.968. The number of rotatable bonds is 6. The molecule has 4 nitrogen and oxygen atoms in total. The van der Waals surface area contributed by atoms with Gasteiger partial charge < -0.3 is 15.2 Å². The van der Waals surface area contributed by atoms with Crippen molar-refractivity contribution in [2.24, 2.45) is 0 Å². The summed E-state index contributed by atoms with van der Waals surface area (Å²) in [5, 5.41) is 12.7. The van der Waals surface area contributed by atoms with Crippen molar-refractivity contribution in [2.45, 2.75) is 0 Å². The maximum absolute atomic E-state index is 10.8. The van der Waals surface area contributed by atoms with Crippen LogP contribution in [0.2, 0.25) is 5.02 Å². The molecule has 0 radical (unpaired) electrons. The molecule has 0 aliphatic heterocycles. The average molecular weight is 371 g/mol. The number of ether oxygens (including phenoxy) is 1. The van der Waals surface area contributed by atoms with Gasteiger partial charge in [-0.05, 0) is 52.3 Å². The first-order chi connectivity index (χ1) is 10.1. The van der Waals surface area contributed by atoms with Crippen LogP contribution in [0.1, 0.15) is 10.4 Å². The first-order valence-corrected chi connectivity index (χ1v) is 7.38. The van der Waals surface area contributed by atoms with Gasteiger partial charge in [0.15, 0.2) is 0 Å². The van der Waals surface area contributed by atoms with Crippen molar-refractivity contribution in [3.05, 3.63) is 57.5 Å². The van der Waals surface area contributed by atoms with E-state index < -0.39 is 5.97 Å². The van der Waals surface area contributed by atoms with Crippen molar-refractivity contribution in [3.63, 3.8) is 0 Å². The highest BCUT2D eigenvalue weighted by atomic mass is 79.9. The smallest absolute Gasteiger partial charge is 0.335 e. The lowest BCUT2D eigenvalue weighted by atomic mass is 10.2. The molecular formula is C15H13BrClNO3. The molecule has 6 heteroatoms. The molecule has 0 bridgehead atoms. The highest BCUT2D eigenvalue weighted by Gasteiger charge is 2.03. The molecule has 110 valence electrons. The van der Waals surface area contributed by atoms with E-state index in [0.717, 1.165) is 10.2 Å². The van der Waals surface area contributed by atoms with Gasteiger partial charge in [-0.2, -0.15) is 0 Å². The SMILES string of the molecule is O=C(O)c1cccc(OCCNc2ccc(Cl)c(Br)c2)c1. The lowest BCUT2D eigenvalue weighted by molar-refractivity contribution is 0.0696. The second-order valence-electron chi connectivity index (χ2n) is 4.24. The number of carboxylic acids is 1. The molecule has 0 saturated carbocycles. The van der Waals surface area contributed by atoms with Crippen LogP contribution in [0.5, 0.6) is 5.75 Å². The van der Waals surface area contributed by atoms with E-state index in [-0.39, 0.29) is 5.56 Å². The molecule has 0 amide bonds. The van der Waals surface area contributed by atoms with E-state index in [1.807, 2.05) is 12.1 Å². The second-order valence-corrected chi connectivity index (χ2v) is 5.50. The normalized spacial score (nSPS) is 10.2. The molecule has 0 aromatic heterocycles. The van der Waals surface area contributed by atoms with E-state index in [1.54, 1.807) is 18.2 Å². The van der Waals surface area contributed by atoms with Crippen molar-refractivity contribution < 1.29 is 14.6 Å². The van der Waals surface area contributed by atoms with Gasteiger partial charge in [-0.1, -0.05) is 17.7 Å². The van der Waals surface area contributed by atoms with Crippen molar-refractivity contribution in [2.75, 3.05) is 18.5 Å². The van der Waals surface area contributed by atoms with Gasteiger partial charge in [-0.15, -0.1) is 0 Å². The summed E-state index contributed by atoms with van der Waals surface area (Å²) in [6, 6.07) is 12.0. The summed E-state index contributed by atoms with van der Waals surface area (Å²) < 4.78 is 6.33. The van der Waals surface area contributed by atoms with Gasteiger partial charge in [0, 0.05) is 16.7 Å². The lowest BCUT2D eigenvalue weighted by Crippen LogP contribution is -2.11. The highest BCUT2D eigenvalue weighted by molar-refractivity contribution is 9.10. The van der Waals surface area contributed by atoms with Crippen LogP contribution in [0.15, 0.2) is 46.9 Å². The Balaban J connectivity index is 1.83. The Morgan fingerprint density at radius 1 is 1.29 bits per heavy atom. The molecule has 0 heterocycles. The summed E-state index contributed by atoms with van der Waals surface area (Å²) in [6.45, 7) is 1.01.